The fourth-order valence-electron chi connectivity index (χ4n) is 9.08. The SMILES string of the molecule is C[C@]12CC[C@H]3[C@@H](CC=C4C[C@@H](O)CC[C@@]43C)[C@@H]1CC[C@@H]2c1csc(NC(=O)CC#N)c1C(=O)c1ccccc1. The van der Waals surface area contributed by atoms with Gasteiger partial charge in [0.15, 0.2) is 5.78 Å². The summed E-state index contributed by atoms with van der Waals surface area (Å²) in [5, 5.41) is 24.9. The molecule has 1 aromatic heterocycles. The minimum atomic E-state index is -0.375. The molecule has 2 aromatic rings. The lowest BCUT2D eigenvalue weighted by molar-refractivity contribution is -0.115. The van der Waals surface area contributed by atoms with Gasteiger partial charge in [-0.1, -0.05) is 55.8 Å². The molecule has 3 fully saturated rings. The molecule has 5 nitrogen and oxygen atoms in total. The predicted octanol–water partition coefficient (Wildman–Crippen LogP) is 7.24. The van der Waals surface area contributed by atoms with Gasteiger partial charge in [-0.05, 0) is 96.8 Å². The van der Waals surface area contributed by atoms with Crippen molar-refractivity contribution in [2.75, 3.05) is 5.32 Å². The van der Waals surface area contributed by atoms with Crippen LogP contribution in [0.15, 0.2) is 47.4 Å². The summed E-state index contributed by atoms with van der Waals surface area (Å²) < 4.78 is 0. The van der Waals surface area contributed by atoms with Crippen LogP contribution in [0.3, 0.4) is 0 Å². The van der Waals surface area contributed by atoms with Crippen molar-refractivity contribution in [1.82, 2.24) is 0 Å². The number of aliphatic hydroxyl groups is 1. The van der Waals surface area contributed by atoms with E-state index >= 15 is 0 Å². The summed E-state index contributed by atoms with van der Waals surface area (Å²) in [6.45, 7) is 4.92. The summed E-state index contributed by atoms with van der Waals surface area (Å²) in [6.07, 6.45) is 10.5. The molecule has 4 aliphatic carbocycles. The molecule has 6 rings (SSSR count). The van der Waals surface area contributed by atoms with Crippen LogP contribution in [0.5, 0.6) is 0 Å². The first kappa shape index (κ1) is 26.5. The molecule has 0 spiro atoms. The number of thiophene rings is 1. The first-order chi connectivity index (χ1) is 18.8. The average molecular weight is 543 g/mol. The van der Waals surface area contributed by atoms with Crippen LogP contribution >= 0.6 is 11.3 Å². The van der Waals surface area contributed by atoms with Crippen molar-refractivity contribution in [2.45, 2.75) is 83.7 Å². The second-order valence-corrected chi connectivity index (χ2v) is 13.7. The highest BCUT2D eigenvalue weighted by molar-refractivity contribution is 7.15. The molecule has 0 radical (unpaired) electrons. The molecule has 6 heteroatoms. The molecule has 204 valence electrons. The smallest absolute Gasteiger partial charge is 0.239 e. The highest BCUT2D eigenvalue weighted by Crippen LogP contribution is 2.68. The van der Waals surface area contributed by atoms with Gasteiger partial charge in [0.25, 0.3) is 0 Å². The summed E-state index contributed by atoms with van der Waals surface area (Å²) in [5.74, 6) is 1.72. The number of fused-ring (bicyclic) bond motifs is 5. The number of hydrogen-bond donors (Lipinski definition) is 2. The van der Waals surface area contributed by atoms with Crippen LogP contribution in [0.25, 0.3) is 0 Å². The van der Waals surface area contributed by atoms with Crippen LogP contribution in [0.1, 0.15) is 99.0 Å². The third kappa shape index (κ3) is 4.30. The Morgan fingerprint density at radius 2 is 1.90 bits per heavy atom. The highest BCUT2D eigenvalue weighted by atomic mass is 32.1. The zero-order valence-corrected chi connectivity index (χ0v) is 23.7. The van der Waals surface area contributed by atoms with E-state index in [1.807, 2.05) is 36.4 Å². The number of nitrogens with one attached hydrogen (secondary N) is 1. The molecule has 2 N–H and O–H groups in total. The molecule has 0 bridgehead atoms. The third-order valence-corrected chi connectivity index (χ3v) is 11.9. The van der Waals surface area contributed by atoms with Crippen LogP contribution in [0.4, 0.5) is 5.00 Å². The number of nitrogens with zero attached hydrogens (tertiary/aromatic N) is 1. The highest BCUT2D eigenvalue weighted by Gasteiger charge is 2.59. The Bertz CT molecular complexity index is 1360. The molecule has 1 heterocycles. The van der Waals surface area contributed by atoms with Gasteiger partial charge in [0.2, 0.25) is 5.91 Å². The van der Waals surface area contributed by atoms with Gasteiger partial charge in [0, 0.05) is 5.56 Å². The van der Waals surface area contributed by atoms with Crippen molar-refractivity contribution in [3.63, 3.8) is 0 Å². The third-order valence-electron chi connectivity index (χ3n) is 11.0. The van der Waals surface area contributed by atoms with Crippen LogP contribution < -0.4 is 5.32 Å². The zero-order valence-electron chi connectivity index (χ0n) is 22.9. The molecule has 0 saturated heterocycles. The lowest BCUT2D eigenvalue weighted by Crippen LogP contribution is -2.50. The maximum absolute atomic E-state index is 13.9. The van der Waals surface area contributed by atoms with Gasteiger partial charge in [-0.15, -0.1) is 11.3 Å². The first-order valence-electron chi connectivity index (χ1n) is 14.5. The number of ketones is 1. The topological polar surface area (TPSA) is 90.2 Å². The molecule has 1 aromatic carbocycles. The van der Waals surface area contributed by atoms with E-state index < -0.39 is 0 Å². The Labute approximate surface area is 235 Å². The summed E-state index contributed by atoms with van der Waals surface area (Å²) in [6, 6.07) is 11.2. The summed E-state index contributed by atoms with van der Waals surface area (Å²) in [5.41, 5.74) is 4.10. The van der Waals surface area contributed by atoms with E-state index in [4.69, 9.17) is 5.26 Å². The quantitative estimate of drug-likeness (QED) is 0.308. The molecule has 1 amide bonds. The van der Waals surface area contributed by atoms with Crippen LogP contribution in [-0.4, -0.2) is 22.9 Å². The van der Waals surface area contributed by atoms with Crippen molar-refractivity contribution in [1.29, 1.82) is 5.26 Å². The normalized spacial score (nSPS) is 35.1. The van der Waals surface area contributed by atoms with E-state index in [-0.39, 0.29) is 41.0 Å². The van der Waals surface area contributed by atoms with Crippen molar-refractivity contribution in [2.24, 2.45) is 28.6 Å². The number of rotatable bonds is 5. The largest absolute Gasteiger partial charge is 0.393 e. The summed E-state index contributed by atoms with van der Waals surface area (Å²) in [4.78, 5) is 26.3. The monoisotopic (exact) mass is 542 g/mol. The minimum absolute atomic E-state index is 0.0571. The summed E-state index contributed by atoms with van der Waals surface area (Å²) in [7, 11) is 0. The van der Waals surface area contributed by atoms with E-state index in [2.05, 4.69) is 30.6 Å². The number of aliphatic hydroxyl groups excluding tert-OH is 1. The molecule has 3 saturated carbocycles. The Balaban J connectivity index is 1.35. The number of hydrogen-bond acceptors (Lipinski definition) is 5. The molecular formula is C33H38N2O3S. The first-order valence-corrected chi connectivity index (χ1v) is 15.4. The van der Waals surface area contributed by atoms with Gasteiger partial charge >= 0.3 is 0 Å². The summed E-state index contributed by atoms with van der Waals surface area (Å²) >= 11 is 1.42. The lowest BCUT2D eigenvalue weighted by atomic mass is 9.47. The number of amides is 1. The van der Waals surface area contributed by atoms with E-state index in [9.17, 15) is 14.7 Å². The average Bonchev–Trinajstić information content (AvgIpc) is 3.49. The van der Waals surface area contributed by atoms with Crippen molar-refractivity contribution in [3.8, 4) is 6.07 Å². The molecule has 39 heavy (non-hydrogen) atoms. The van der Waals surface area contributed by atoms with E-state index in [1.54, 1.807) is 0 Å². The van der Waals surface area contributed by atoms with Gasteiger partial charge in [-0.2, -0.15) is 5.26 Å². The fourth-order valence-corrected chi connectivity index (χ4v) is 10.1. The fraction of sp³-hybridized carbons (Fsp3) is 0.545. The van der Waals surface area contributed by atoms with Crippen molar-refractivity contribution < 1.29 is 14.7 Å². The molecule has 7 atom stereocenters. The van der Waals surface area contributed by atoms with Gasteiger partial charge in [-0.25, -0.2) is 0 Å². The van der Waals surface area contributed by atoms with Crippen LogP contribution in [0.2, 0.25) is 0 Å². The van der Waals surface area contributed by atoms with Gasteiger partial charge < -0.3 is 10.4 Å². The lowest BCUT2D eigenvalue weighted by Gasteiger charge is -2.58. The molecule has 4 aliphatic rings. The number of nitriles is 1. The van der Waals surface area contributed by atoms with Crippen molar-refractivity contribution >= 4 is 28.0 Å². The Morgan fingerprint density at radius 3 is 2.67 bits per heavy atom. The zero-order chi connectivity index (χ0) is 27.4. The second kappa shape index (κ2) is 10.0. The maximum Gasteiger partial charge on any atom is 0.239 e. The molecular weight excluding hydrogens is 504 g/mol. The van der Waals surface area contributed by atoms with Gasteiger partial charge in [-0.3, -0.25) is 9.59 Å². The standard InChI is InChI=1S/C33H38N2O3S/c1-32-15-12-22(36)18-21(32)8-9-23-25-10-11-26(33(25,2)16-13-27(23)32)24-19-39-31(35-28(37)14-17-34)29(24)30(38)20-6-4-3-5-7-20/h3-8,19,22-23,25-27,36H,9-16,18H2,1-2H3,(H,35,37)/t22-,23-,25-,26+,27-,32-,33-/m0/s1. The number of carbonyl (C=O) groups excluding carboxylic acids is 2. The number of benzene rings is 1. The van der Waals surface area contributed by atoms with E-state index in [1.165, 1.54) is 23.3 Å². The van der Waals surface area contributed by atoms with Crippen molar-refractivity contribution in [3.05, 3.63) is 64.1 Å². The second-order valence-electron chi connectivity index (χ2n) is 12.8. The Morgan fingerprint density at radius 1 is 1.10 bits per heavy atom. The van der Waals surface area contributed by atoms with Gasteiger partial charge in [0.1, 0.15) is 11.4 Å². The van der Waals surface area contributed by atoms with Crippen LogP contribution in [-0.2, 0) is 4.79 Å². The predicted molar refractivity (Wildman–Crippen MR) is 154 cm³/mol. The molecule has 0 unspecified atom stereocenters. The Hall–Kier alpha value is -2.75. The Kier molecular flexibility index (Phi) is 6.80. The number of allylic oxidation sites excluding steroid dienone is 1. The van der Waals surface area contributed by atoms with Gasteiger partial charge in [0.05, 0.1) is 17.7 Å². The van der Waals surface area contributed by atoms with Crippen LogP contribution in [0, 0.1) is 39.9 Å². The molecule has 0 aliphatic heterocycles. The number of carbonyl (C=O) groups is 2. The minimum Gasteiger partial charge on any atom is -0.393 e. The van der Waals surface area contributed by atoms with E-state index in [0.29, 0.717) is 33.9 Å². The maximum atomic E-state index is 13.9. The van der Waals surface area contributed by atoms with E-state index in [0.717, 1.165) is 50.5 Å². The number of anilines is 1.